The molecular formula is C53H106N4O20S6. The van der Waals surface area contributed by atoms with E-state index >= 15 is 0 Å². The van der Waals surface area contributed by atoms with Crippen molar-refractivity contribution >= 4 is 99.4 Å². The van der Waals surface area contributed by atoms with Gasteiger partial charge in [0.1, 0.15) is 0 Å². The van der Waals surface area contributed by atoms with Crippen molar-refractivity contribution in [3.05, 3.63) is 0 Å². The summed E-state index contributed by atoms with van der Waals surface area (Å²) in [7, 11) is 3.27. The van der Waals surface area contributed by atoms with Crippen LogP contribution in [0.1, 0.15) is 44.9 Å². The van der Waals surface area contributed by atoms with Crippen molar-refractivity contribution in [1.82, 2.24) is 21.3 Å². The Balaban J connectivity index is 0. The van der Waals surface area contributed by atoms with E-state index in [0.29, 0.717) is 197 Å². The molecule has 24 nitrogen and oxygen atoms in total. The third kappa shape index (κ3) is 68.7. The van der Waals surface area contributed by atoms with Crippen LogP contribution in [-0.2, 0) is 95.0 Å². The van der Waals surface area contributed by atoms with E-state index < -0.39 is 0 Å². The summed E-state index contributed by atoms with van der Waals surface area (Å²) < 4.78 is 85.4. The molecule has 0 aliphatic rings. The highest BCUT2D eigenvalue weighted by molar-refractivity contribution is 7.82. The number of hydrogen-bond acceptors (Lipinski definition) is 26. The van der Waals surface area contributed by atoms with E-state index in [1.807, 2.05) is 0 Å². The summed E-state index contributed by atoms with van der Waals surface area (Å²) in [6.07, 6.45) is 4.42. The van der Waals surface area contributed by atoms with Gasteiger partial charge in [0.2, 0.25) is 23.6 Å². The van der Waals surface area contributed by atoms with Crippen LogP contribution in [0.25, 0.3) is 0 Å². The molecule has 494 valence electrons. The lowest BCUT2D eigenvalue weighted by Gasteiger charge is -2.24. The number of ether oxygens (including phenoxy) is 16. The van der Waals surface area contributed by atoms with E-state index in [0.717, 1.165) is 43.6 Å². The minimum Gasteiger partial charge on any atom is -0.382 e. The predicted octanol–water partition coefficient (Wildman–Crippen LogP) is 1.75. The van der Waals surface area contributed by atoms with E-state index in [1.165, 1.54) is 0 Å². The highest BCUT2D eigenvalue weighted by Crippen LogP contribution is 2.15. The van der Waals surface area contributed by atoms with Gasteiger partial charge < -0.3 is 97.1 Å². The Hall–Kier alpha value is -0.660. The minimum absolute atomic E-state index is 0.00392. The van der Waals surface area contributed by atoms with Crippen molar-refractivity contribution in [2.24, 2.45) is 0 Å². The smallest absolute Gasteiger partial charge is 0.239 e. The van der Waals surface area contributed by atoms with Crippen LogP contribution in [0.5, 0.6) is 0 Å². The van der Waals surface area contributed by atoms with Crippen LogP contribution in [0.3, 0.4) is 0 Å². The van der Waals surface area contributed by atoms with E-state index in [9.17, 15) is 19.2 Å². The average Bonchev–Trinajstić information content (AvgIpc) is 3.48. The van der Waals surface area contributed by atoms with Gasteiger partial charge in [-0.2, -0.15) is 75.8 Å². The molecule has 0 spiro atoms. The van der Waals surface area contributed by atoms with Gasteiger partial charge in [-0.15, -0.1) is 0 Å². The Morgan fingerprint density at radius 1 is 0.337 bits per heavy atom. The number of carbonyl (C=O) groups excluding carboxylic acids is 4. The molecule has 0 aliphatic heterocycles. The molecule has 0 radical (unpaired) electrons. The fraction of sp³-hybridized carbons (Fsp3) is 0.925. The summed E-state index contributed by atoms with van der Waals surface area (Å²) in [5.74, 6) is 1.20. The average molecular weight is 1310 g/mol. The molecule has 0 bridgehead atoms. The first kappa shape index (κ1) is 84.4. The molecule has 0 aromatic rings. The van der Waals surface area contributed by atoms with Crippen molar-refractivity contribution in [3.63, 3.8) is 0 Å². The predicted molar refractivity (Wildman–Crippen MR) is 338 cm³/mol. The number of carbonyl (C=O) groups is 4. The standard InChI is InChI=1S/C27H54N2O10S3.C26H52N2O10S3/c1-32-7-8-34-11-12-36-15-16-38-19-20-39-18-17-37-14-13-35-10-9-33-6-4-26(30)28-23-27(31)29-24(3-2-21-40)25(42)5-22-41;1-31-5-6-33-9-10-35-13-14-37-17-18-38-16-15-36-12-11-34-8-7-32-4-2-25(29)28-22-26(30)27-21-24(41)20-23(40)3-19-39/h24-25,40-42H,2-23H2,1H3,(H,28,30)(H,29,31);23-24,39-41H,2-22H2,1H3,(H,27,30)(H,28,29). The van der Waals surface area contributed by atoms with Crippen LogP contribution >= 0.6 is 75.8 Å². The van der Waals surface area contributed by atoms with Crippen molar-refractivity contribution in [1.29, 1.82) is 0 Å². The maximum atomic E-state index is 12.2. The van der Waals surface area contributed by atoms with Gasteiger partial charge in [0.25, 0.3) is 0 Å². The van der Waals surface area contributed by atoms with Gasteiger partial charge >= 0.3 is 0 Å². The fourth-order valence-corrected chi connectivity index (χ4v) is 8.64. The summed E-state index contributed by atoms with van der Waals surface area (Å²) in [6.45, 7) is 14.5. The van der Waals surface area contributed by atoms with E-state index in [2.05, 4.69) is 97.0 Å². The Morgan fingerprint density at radius 3 is 0.940 bits per heavy atom. The van der Waals surface area contributed by atoms with Crippen molar-refractivity contribution in [2.75, 3.05) is 249 Å². The molecule has 0 fully saturated rings. The molecular weight excluding hydrogens is 1200 g/mol. The molecule has 83 heavy (non-hydrogen) atoms. The number of amides is 4. The van der Waals surface area contributed by atoms with E-state index in [1.54, 1.807) is 14.2 Å². The van der Waals surface area contributed by atoms with Gasteiger partial charge in [0, 0.05) is 55.4 Å². The van der Waals surface area contributed by atoms with Gasteiger partial charge in [0.05, 0.1) is 211 Å². The quantitative estimate of drug-likeness (QED) is 0.0307. The molecule has 4 atom stereocenters. The molecule has 0 saturated carbocycles. The molecule has 4 unspecified atom stereocenters. The molecule has 30 heteroatoms. The normalized spacial score (nSPS) is 12.8. The molecule has 4 N–H and O–H groups in total. The van der Waals surface area contributed by atoms with Crippen molar-refractivity contribution in [3.8, 4) is 0 Å². The highest BCUT2D eigenvalue weighted by atomic mass is 32.1. The van der Waals surface area contributed by atoms with Crippen LogP contribution in [0, 0.1) is 0 Å². The second-order valence-corrected chi connectivity index (χ2v) is 21.1. The highest BCUT2D eigenvalue weighted by Gasteiger charge is 2.20. The zero-order chi connectivity index (χ0) is 61.2. The first-order valence-electron chi connectivity index (χ1n) is 28.6. The fourth-order valence-electron chi connectivity index (χ4n) is 6.21. The maximum absolute atomic E-state index is 12.2. The largest absolute Gasteiger partial charge is 0.382 e. The van der Waals surface area contributed by atoms with Crippen LogP contribution in [0.15, 0.2) is 0 Å². The van der Waals surface area contributed by atoms with Crippen LogP contribution < -0.4 is 21.3 Å². The number of hydrogen-bond donors (Lipinski definition) is 10. The lowest BCUT2D eigenvalue weighted by Crippen LogP contribution is -2.46. The second kappa shape index (κ2) is 70.4. The topological polar surface area (TPSA) is 264 Å². The summed E-state index contributed by atoms with van der Waals surface area (Å²) in [4.78, 5) is 47.9. The van der Waals surface area contributed by atoms with Crippen molar-refractivity contribution < 1.29 is 95.0 Å². The van der Waals surface area contributed by atoms with E-state index in [-0.39, 0.29) is 84.6 Å². The number of thiol groups is 6. The Bertz CT molecular complexity index is 1410. The Labute approximate surface area is 528 Å². The number of methoxy groups -OCH3 is 2. The van der Waals surface area contributed by atoms with Crippen LogP contribution in [-0.4, -0.2) is 295 Å². The Kier molecular flexibility index (Phi) is 71.6. The van der Waals surface area contributed by atoms with Crippen molar-refractivity contribution in [2.45, 2.75) is 66.7 Å². The third-order valence-corrected chi connectivity index (χ3v) is 12.9. The van der Waals surface area contributed by atoms with Crippen LogP contribution in [0.4, 0.5) is 0 Å². The Morgan fingerprint density at radius 2 is 0.639 bits per heavy atom. The molecule has 0 saturated heterocycles. The summed E-state index contributed by atoms with van der Waals surface area (Å²) in [5.41, 5.74) is 0. The third-order valence-electron chi connectivity index (χ3n) is 10.6. The summed E-state index contributed by atoms with van der Waals surface area (Å²) in [6, 6.07) is -0.0795. The van der Waals surface area contributed by atoms with Gasteiger partial charge in [-0.1, -0.05) is 0 Å². The second-order valence-electron chi connectivity index (χ2n) is 17.6. The number of rotatable bonds is 65. The monoisotopic (exact) mass is 1310 g/mol. The molecule has 0 aromatic heterocycles. The summed E-state index contributed by atoms with van der Waals surface area (Å²) in [5, 5.41) is 11.1. The maximum Gasteiger partial charge on any atom is 0.239 e. The lowest BCUT2D eigenvalue weighted by atomic mass is 10.1. The molecule has 4 amide bonds. The van der Waals surface area contributed by atoms with Gasteiger partial charge in [-0.3, -0.25) is 19.2 Å². The zero-order valence-corrected chi connectivity index (χ0v) is 54.9. The summed E-state index contributed by atoms with van der Waals surface area (Å²) >= 11 is 26.1. The lowest BCUT2D eigenvalue weighted by molar-refractivity contribution is -0.127. The van der Waals surface area contributed by atoms with E-state index in [4.69, 9.17) is 75.8 Å². The SMILES string of the molecule is COCCOCCOCCOCCOCCOCCOCCOCCC(=O)NCC(=O)NC(CCCS)C(S)CCS.COCCOCCOCCOCCOCCOCCOCCOCCC(=O)NCC(=O)NCC(S)CC(S)CCS. The minimum atomic E-state index is -0.256. The van der Waals surface area contributed by atoms with Gasteiger partial charge in [0.15, 0.2) is 0 Å². The molecule has 0 heterocycles. The molecule has 0 aromatic carbocycles. The molecule has 0 aliphatic carbocycles. The number of nitrogens with one attached hydrogen (secondary N) is 4. The first-order chi connectivity index (χ1) is 40.5. The van der Waals surface area contributed by atoms with Crippen LogP contribution in [0.2, 0.25) is 0 Å². The van der Waals surface area contributed by atoms with Gasteiger partial charge in [-0.25, -0.2) is 0 Å². The first-order valence-corrected chi connectivity index (χ1v) is 32.0. The molecule has 0 rings (SSSR count). The van der Waals surface area contributed by atoms with Gasteiger partial charge in [-0.05, 0) is 49.4 Å². The zero-order valence-electron chi connectivity index (χ0n) is 49.6.